The van der Waals surface area contributed by atoms with Crippen molar-refractivity contribution in [1.82, 2.24) is 4.90 Å². The van der Waals surface area contributed by atoms with Crippen molar-refractivity contribution in [3.63, 3.8) is 0 Å². The molecule has 1 saturated heterocycles. The Morgan fingerprint density at radius 2 is 2.06 bits per heavy atom. The van der Waals surface area contributed by atoms with Crippen LogP contribution < -0.4 is 10.6 Å². The van der Waals surface area contributed by atoms with E-state index in [1.807, 2.05) is 0 Å². The first-order valence-corrected chi connectivity index (χ1v) is 6.45. The summed E-state index contributed by atoms with van der Waals surface area (Å²) in [5.41, 5.74) is 8.44. The summed E-state index contributed by atoms with van der Waals surface area (Å²) in [4.78, 5) is 4.91. The maximum atomic E-state index is 5.69. The Bertz CT molecular complexity index is 364. The molecule has 1 heterocycles. The van der Waals surface area contributed by atoms with E-state index in [0.717, 1.165) is 32.6 Å². The SMILES string of the molecule is CC1CN(C)CCN1c1ccccc1CCN. The molecule has 0 aromatic heterocycles. The molecular formula is C14H23N3. The van der Waals surface area contributed by atoms with Crippen molar-refractivity contribution < 1.29 is 0 Å². The monoisotopic (exact) mass is 233 g/mol. The molecule has 1 aromatic rings. The average Bonchev–Trinajstić information content (AvgIpc) is 2.31. The van der Waals surface area contributed by atoms with E-state index >= 15 is 0 Å². The molecule has 0 radical (unpaired) electrons. The largest absolute Gasteiger partial charge is 0.366 e. The number of para-hydroxylation sites is 1. The van der Waals surface area contributed by atoms with Crippen LogP contribution in [-0.2, 0) is 6.42 Å². The van der Waals surface area contributed by atoms with Gasteiger partial charge in [0.1, 0.15) is 0 Å². The lowest BCUT2D eigenvalue weighted by molar-refractivity contribution is 0.275. The maximum Gasteiger partial charge on any atom is 0.0402 e. The molecular weight excluding hydrogens is 210 g/mol. The van der Waals surface area contributed by atoms with Crippen LogP contribution in [0.25, 0.3) is 0 Å². The number of likely N-dealkylation sites (N-methyl/N-ethyl adjacent to an activating group) is 1. The molecule has 3 heteroatoms. The van der Waals surface area contributed by atoms with Gasteiger partial charge in [-0.25, -0.2) is 0 Å². The van der Waals surface area contributed by atoms with Gasteiger partial charge in [0, 0.05) is 31.4 Å². The molecule has 1 aromatic carbocycles. The van der Waals surface area contributed by atoms with E-state index in [1.54, 1.807) is 0 Å². The average molecular weight is 233 g/mol. The van der Waals surface area contributed by atoms with Crippen LogP contribution in [-0.4, -0.2) is 44.2 Å². The van der Waals surface area contributed by atoms with E-state index < -0.39 is 0 Å². The minimum Gasteiger partial charge on any atom is -0.366 e. The number of rotatable bonds is 3. The third-order valence-corrected chi connectivity index (χ3v) is 3.55. The first-order chi connectivity index (χ1) is 8.22. The molecule has 2 rings (SSSR count). The second kappa shape index (κ2) is 5.52. The van der Waals surface area contributed by atoms with Gasteiger partial charge in [-0.15, -0.1) is 0 Å². The Morgan fingerprint density at radius 3 is 2.76 bits per heavy atom. The van der Waals surface area contributed by atoms with Gasteiger partial charge in [-0.2, -0.15) is 0 Å². The van der Waals surface area contributed by atoms with Gasteiger partial charge in [0.25, 0.3) is 0 Å². The highest BCUT2D eigenvalue weighted by atomic mass is 15.3. The quantitative estimate of drug-likeness (QED) is 0.855. The predicted molar refractivity (Wildman–Crippen MR) is 73.5 cm³/mol. The third kappa shape index (κ3) is 2.79. The molecule has 0 aliphatic carbocycles. The lowest BCUT2D eigenvalue weighted by Gasteiger charge is -2.40. The van der Waals surface area contributed by atoms with Gasteiger partial charge in [-0.05, 0) is 38.6 Å². The predicted octanol–water partition coefficient (Wildman–Crippen LogP) is 1.33. The van der Waals surface area contributed by atoms with Gasteiger partial charge in [-0.1, -0.05) is 18.2 Å². The van der Waals surface area contributed by atoms with Crippen LogP contribution in [0.1, 0.15) is 12.5 Å². The molecule has 17 heavy (non-hydrogen) atoms. The highest BCUT2D eigenvalue weighted by Crippen LogP contribution is 2.24. The highest BCUT2D eigenvalue weighted by molar-refractivity contribution is 5.55. The fraction of sp³-hybridized carbons (Fsp3) is 0.571. The van der Waals surface area contributed by atoms with Gasteiger partial charge < -0.3 is 15.5 Å². The zero-order chi connectivity index (χ0) is 12.3. The molecule has 1 aliphatic heterocycles. The minimum atomic E-state index is 0.577. The molecule has 94 valence electrons. The van der Waals surface area contributed by atoms with Gasteiger partial charge in [-0.3, -0.25) is 0 Å². The Labute approximate surface area is 104 Å². The summed E-state index contributed by atoms with van der Waals surface area (Å²) in [6, 6.07) is 9.24. The number of piperazine rings is 1. The smallest absolute Gasteiger partial charge is 0.0402 e. The Kier molecular flexibility index (Phi) is 4.02. The summed E-state index contributed by atoms with van der Waals surface area (Å²) in [7, 11) is 2.19. The Hall–Kier alpha value is -1.06. The molecule has 0 saturated carbocycles. The van der Waals surface area contributed by atoms with Crippen molar-refractivity contribution in [2.75, 3.05) is 38.1 Å². The number of anilines is 1. The van der Waals surface area contributed by atoms with Crippen molar-refractivity contribution >= 4 is 5.69 Å². The number of hydrogen-bond donors (Lipinski definition) is 1. The van der Waals surface area contributed by atoms with Crippen molar-refractivity contribution in [2.24, 2.45) is 5.73 Å². The van der Waals surface area contributed by atoms with Crippen LogP contribution >= 0.6 is 0 Å². The zero-order valence-electron chi connectivity index (χ0n) is 10.9. The van der Waals surface area contributed by atoms with Gasteiger partial charge in [0.15, 0.2) is 0 Å². The summed E-state index contributed by atoms with van der Waals surface area (Å²) >= 11 is 0. The fourth-order valence-electron chi connectivity index (χ4n) is 2.66. The van der Waals surface area contributed by atoms with Crippen LogP contribution in [0.3, 0.4) is 0 Å². The van der Waals surface area contributed by atoms with Crippen molar-refractivity contribution in [3.8, 4) is 0 Å². The van der Waals surface area contributed by atoms with E-state index in [-0.39, 0.29) is 0 Å². The lowest BCUT2D eigenvalue weighted by Crippen LogP contribution is -2.50. The van der Waals surface area contributed by atoms with Crippen molar-refractivity contribution in [1.29, 1.82) is 0 Å². The van der Waals surface area contributed by atoms with Gasteiger partial charge >= 0.3 is 0 Å². The topological polar surface area (TPSA) is 32.5 Å². The molecule has 1 atom stereocenters. The maximum absolute atomic E-state index is 5.69. The summed E-state index contributed by atoms with van der Waals surface area (Å²) in [6.45, 7) is 6.41. The summed E-state index contributed by atoms with van der Waals surface area (Å²) in [6.07, 6.45) is 0.967. The summed E-state index contributed by atoms with van der Waals surface area (Å²) in [5.74, 6) is 0. The molecule has 0 spiro atoms. The standard InChI is InChI=1S/C14H23N3/c1-12-11-16(2)9-10-17(12)14-6-4-3-5-13(14)7-8-15/h3-6,12H,7-11,15H2,1-2H3. The fourth-order valence-corrected chi connectivity index (χ4v) is 2.66. The Morgan fingerprint density at radius 1 is 1.29 bits per heavy atom. The number of nitrogens with zero attached hydrogens (tertiary/aromatic N) is 2. The van der Waals surface area contributed by atoms with Crippen LogP contribution in [0.4, 0.5) is 5.69 Å². The first kappa shape index (κ1) is 12.4. The van der Waals surface area contributed by atoms with Crippen LogP contribution in [0, 0.1) is 0 Å². The van der Waals surface area contributed by atoms with Gasteiger partial charge in [0.05, 0.1) is 0 Å². The van der Waals surface area contributed by atoms with E-state index in [1.165, 1.54) is 11.3 Å². The Balaban J connectivity index is 2.21. The molecule has 2 N–H and O–H groups in total. The molecule has 1 unspecified atom stereocenters. The van der Waals surface area contributed by atoms with Crippen LogP contribution in [0.5, 0.6) is 0 Å². The van der Waals surface area contributed by atoms with E-state index in [9.17, 15) is 0 Å². The summed E-state index contributed by atoms with van der Waals surface area (Å²) in [5, 5.41) is 0. The molecule has 1 fully saturated rings. The zero-order valence-corrected chi connectivity index (χ0v) is 10.9. The van der Waals surface area contributed by atoms with Crippen molar-refractivity contribution in [2.45, 2.75) is 19.4 Å². The second-order valence-corrected chi connectivity index (χ2v) is 4.97. The molecule has 0 bridgehead atoms. The first-order valence-electron chi connectivity index (χ1n) is 6.45. The van der Waals surface area contributed by atoms with E-state index in [2.05, 4.69) is 48.0 Å². The highest BCUT2D eigenvalue weighted by Gasteiger charge is 2.22. The second-order valence-electron chi connectivity index (χ2n) is 4.97. The minimum absolute atomic E-state index is 0.577. The molecule has 0 amide bonds. The molecule has 3 nitrogen and oxygen atoms in total. The van der Waals surface area contributed by atoms with Gasteiger partial charge in [0.2, 0.25) is 0 Å². The number of hydrogen-bond acceptors (Lipinski definition) is 3. The van der Waals surface area contributed by atoms with Crippen LogP contribution in [0.15, 0.2) is 24.3 Å². The third-order valence-electron chi connectivity index (χ3n) is 3.55. The lowest BCUT2D eigenvalue weighted by atomic mass is 10.1. The number of nitrogens with two attached hydrogens (primary N) is 1. The van der Waals surface area contributed by atoms with Crippen molar-refractivity contribution in [3.05, 3.63) is 29.8 Å². The normalized spacial score (nSPS) is 21.8. The van der Waals surface area contributed by atoms with E-state index in [0.29, 0.717) is 6.04 Å². The number of benzene rings is 1. The summed E-state index contributed by atoms with van der Waals surface area (Å²) < 4.78 is 0. The van der Waals surface area contributed by atoms with Crippen LogP contribution in [0.2, 0.25) is 0 Å². The molecule has 1 aliphatic rings. The van der Waals surface area contributed by atoms with E-state index in [4.69, 9.17) is 5.73 Å².